The molecule has 1 N–H and O–H groups in total. The molecule has 14 heavy (non-hydrogen) atoms. The number of rotatable bonds is 1. The highest BCUT2D eigenvalue weighted by Crippen LogP contribution is 2.30. The molecule has 0 bridgehead atoms. The van der Waals surface area contributed by atoms with E-state index in [1.807, 2.05) is 6.20 Å². The Labute approximate surface area is 85.5 Å². The van der Waals surface area contributed by atoms with Crippen molar-refractivity contribution in [3.63, 3.8) is 0 Å². The van der Waals surface area contributed by atoms with Crippen LogP contribution in [0.15, 0.2) is 6.20 Å². The van der Waals surface area contributed by atoms with Crippen LogP contribution >= 0.6 is 0 Å². The Bertz CT molecular complexity index is 336. The summed E-state index contributed by atoms with van der Waals surface area (Å²) in [4.78, 5) is 0. The Morgan fingerprint density at radius 1 is 1.50 bits per heavy atom. The van der Waals surface area contributed by atoms with Crippen molar-refractivity contribution < 1.29 is 0 Å². The summed E-state index contributed by atoms with van der Waals surface area (Å²) < 4.78 is 2.16. The van der Waals surface area contributed by atoms with E-state index in [0.29, 0.717) is 6.04 Å². The van der Waals surface area contributed by atoms with Crippen LogP contribution in [0.3, 0.4) is 0 Å². The molecular formula is C11H19N3. The first-order valence-corrected chi connectivity index (χ1v) is 5.30. The minimum atomic E-state index is 0.203. The van der Waals surface area contributed by atoms with Gasteiger partial charge in [-0.05, 0) is 13.8 Å². The molecule has 3 nitrogen and oxygen atoms in total. The highest BCUT2D eigenvalue weighted by Gasteiger charge is 2.31. The summed E-state index contributed by atoms with van der Waals surface area (Å²) in [6.45, 7) is 10.9. The fraction of sp³-hybridized carbons (Fsp3) is 0.727. The average Bonchev–Trinajstić information content (AvgIpc) is 2.48. The van der Waals surface area contributed by atoms with Gasteiger partial charge in [-0.15, -0.1) is 0 Å². The Kier molecular flexibility index (Phi) is 2.14. The van der Waals surface area contributed by atoms with Gasteiger partial charge in [-0.3, -0.25) is 4.68 Å². The van der Waals surface area contributed by atoms with Crippen molar-refractivity contribution >= 4 is 0 Å². The topological polar surface area (TPSA) is 29.9 Å². The number of aromatic nitrogens is 2. The maximum atomic E-state index is 4.47. The summed E-state index contributed by atoms with van der Waals surface area (Å²) in [6.07, 6.45) is 2.00. The van der Waals surface area contributed by atoms with Crippen LogP contribution in [-0.2, 0) is 12.0 Å². The third kappa shape index (κ3) is 1.36. The molecule has 0 aromatic carbocycles. The first-order chi connectivity index (χ1) is 6.52. The smallest absolute Gasteiger partial charge is 0.0538 e. The van der Waals surface area contributed by atoms with Crippen molar-refractivity contribution in [3.8, 4) is 0 Å². The van der Waals surface area contributed by atoms with Gasteiger partial charge in [-0.2, -0.15) is 5.10 Å². The lowest BCUT2D eigenvalue weighted by Crippen LogP contribution is -2.40. The van der Waals surface area contributed by atoms with E-state index in [1.54, 1.807) is 0 Å². The molecule has 0 unspecified atom stereocenters. The van der Waals surface area contributed by atoms with E-state index in [1.165, 1.54) is 11.3 Å². The van der Waals surface area contributed by atoms with Gasteiger partial charge in [0.15, 0.2) is 0 Å². The summed E-state index contributed by atoms with van der Waals surface area (Å²) in [5.41, 5.74) is 2.97. The molecule has 1 aromatic rings. The predicted octanol–water partition coefficient (Wildman–Crippen LogP) is 1.84. The van der Waals surface area contributed by atoms with Gasteiger partial charge in [0.2, 0.25) is 0 Å². The Balaban J connectivity index is 2.53. The lowest BCUT2D eigenvalue weighted by Gasteiger charge is -2.32. The number of fused-ring (bicyclic) bond motifs is 1. The fourth-order valence-electron chi connectivity index (χ4n) is 2.26. The quantitative estimate of drug-likeness (QED) is 0.737. The van der Waals surface area contributed by atoms with Gasteiger partial charge in [0.25, 0.3) is 0 Å². The number of hydrogen-bond acceptors (Lipinski definition) is 2. The first-order valence-electron chi connectivity index (χ1n) is 5.30. The van der Waals surface area contributed by atoms with Crippen LogP contribution in [-0.4, -0.2) is 16.3 Å². The molecule has 0 saturated carbocycles. The van der Waals surface area contributed by atoms with E-state index in [-0.39, 0.29) is 5.41 Å². The van der Waals surface area contributed by atoms with E-state index in [0.717, 1.165) is 13.1 Å². The Hall–Kier alpha value is -0.830. The molecule has 0 atom stereocenters. The third-order valence-corrected chi connectivity index (χ3v) is 2.88. The average molecular weight is 193 g/mol. The molecule has 1 aromatic heterocycles. The van der Waals surface area contributed by atoms with Crippen molar-refractivity contribution in [3.05, 3.63) is 17.5 Å². The summed E-state index contributed by atoms with van der Waals surface area (Å²) >= 11 is 0. The molecule has 0 aliphatic carbocycles. The summed E-state index contributed by atoms with van der Waals surface area (Å²) in [6, 6.07) is 0.455. The van der Waals surface area contributed by atoms with Crippen LogP contribution in [0.25, 0.3) is 0 Å². The highest BCUT2D eigenvalue weighted by atomic mass is 15.3. The fourth-order valence-corrected chi connectivity index (χ4v) is 2.26. The molecule has 2 heterocycles. The second-order valence-electron chi connectivity index (χ2n) is 5.04. The maximum Gasteiger partial charge on any atom is 0.0538 e. The summed E-state index contributed by atoms with van der Waals surface area (Å²) in [7, 11) is 0. The first kappa shape index (κ1) is 9.71. The second kappa shape index (κ2) is 3.09. The zero-order valence-electron chi connectivity index (χ0n) is 9.46. The third-order valence-electron chi connectivity index (χ3n) is 2.88. The van der Waals surface area contributed by atoms with Crippen LogP contribution in [0.2, 0.25) is 0 Å². The van der Waals surface area contributed by atoms with Crippen molar-refractivity contribution in [2.24, 2.45) is 0 Å². The zero-order valence-corrected chi connectivity index (χ0v) is 9.46. The molecule has 0 fully saturated rings. The molecule has 0 spiro atoms. The SMILES string of the molecule is CC(C)n1ncc2c1C(C)(C)CNC2. The predicted molar refractivity (Wildman–Crippen MR) is 57.3 cm³/mol. The molecule has 0 radical (unpaired) electrons. The molecule has 3 heteroatoms. The van der Waals surface area contributed by atoms with E-state index < -0.39 is 0 Å². The molecule has 1 aliphatic heterocycles. The van der Waals surface area contributed by atoms with Crippen molar-refractivity contribution in [2.75, 3.05) is 6.54 Å². The highest BCUT2D eigenvalue weighted by molar-refractivity contribution is 5.29. The maximum absolute atomic E-state index is 4.47. The number of hydrogen-bond donors (Lipinski definition) is 1. The Morgan fingerprint density at radius 3 is 2.86 bits per heavy atom. The minimum Gasteiger partial charge on any atom is -0.312 e. The lowest BCUT2D eigenvalue weighted by molar-refractivity contribution is 0.378. The van der Waals surface area contributed by atoms with Crippen molar-refractivity contribution in [1.82, 2.24) is 15.1 Å². The second-order valence-corrected chi connectivity index (χ2v) is 5.04. The molecule has 0 saturated heterocycles. The van der Waals surface area contributed by atoms with E-state index in [4.69, 9.17) is 0 Å². The van der Waals surface area contributed by atoms with Gasteiger partial charge in [0.05, 0.1) is 11.9 Å². The molecule has 1 aliphatic rings. The van der Waals surface area contributed by atoms with Gasteiger partial charge >= 0.3 is 0 Å². The largest absolute Gasteiger partial charge is 0.312 e. The van der Waals surface area contributed by atoms with Gasteiger partial charge in [-0.1, -0.05) is 13.8 Å². The normalized spacial score (nSPS) is 19.8. The van der Waals surface area contributed by atoms with Crippen molar-refractivity contribution in [2.45, 2.75) is 45.7 Å². The minimum absolute atomic E-state index is 0.203. The summed E-state index contributed by atoms with van der Waals surface area (Å²) in [5, 5.41) is 7.90. The van der Waals surface area contributed by atoms with Crippen LogP contribution in [0.5, 0.6) is 0 Å². The Morgan fingerprint density at radius 2 is 2.21 bits per heavy atom. The van der Waals surface area contributed by atoms with Crippen LogP contribution in [0, 0.1) is 0 Å². The van der Waals surface area contributed by atoms with Gasteiger partial charge < -0.3 is 5.32 Å². The van der Waals surface area contributed by atoms with Gasteiger partial charge in [0.1, 0.15) is 0 Å². The van der Waals surface area contributed by atoms with E-state index >= 15 is 0 Å². The van der Waals surface area contributed by atoms with Crippen molar-refractivity contribution in [1.29, 1.82) is 0 Å². The summed E-state index contributed by atoms with van der Waals surface area (Å²) in [5.74, 6) is 0. The zero-order chi connectivity index (χ0) is 10.3. The lowest BCUT2D eigenvalue weighted by atomic mass is 9.84. The molecule has 0 amide bonds. The standard InChI is InChI=1S/C11H19N3/c1-8(2)14-10-9(6-13-14)5-12-7-11(10,3)4/h6,8,12H,5,7H2,1-4H3. The van der Waals surface area contributed by atoms with Gasteiger partial charge in [0, 0.05) is 30.1 Å². The monoisotopic (exact) mass is 193 g/mol. The molecule has 78 valence electrons. The van der Waals surface area contributed by atoms with Crippen LogP contribution in [0.4, 0.5) is 0 Å². The number of nitrogens with one attached hydrogen (secondary N) is 1. The van der Waals surface area contributed by atoms with E-state index in [2.05, 4.69) is 42.8 Å². The molecule has 2 rings (SSSR count). The van der Waals surface area contributed by atoms with E-state index in [9.17, 15) is 0 Å². The number of nitrogens with zero attached hydrogens (tertiary/aromatic N) is 2. The molecular weight excluding hydrogens is 174 g/mol. The van der Waals surface area contributed by atoms with Gasteiger partial charge in [-0.25, -0.2) is 0 Å². The van der Waals surface area contributed by atoms with Crippen LogP contribution in [0.1, 0.15) is 45.0 Å². The van der Waals surface area contributed by atoms with Crippen LogP contribution < -0.4 is 5.32 Å².